The summed E-state index contributed by atoms with van der Waals surface area (Å²) in [5.41, 5.74) is -0.184. The molecule has 2 aromatic rings. The highest BCUT2D eigenvalue weighted by Crippen LogP contribution is 2.33. The molecule has 0 aromatic heterocycles. The minimum atomic E-state index is -0.860. The van der Waals surface area contributed by atoms with Gasteiger partial charge in [-0.3, -0.25) is 4.79 Å². The van der Waals surface area contributed by atoms with Crippen LogP contribution in [0.25, 0.3) is 0 Å². The molecule has 144 valence electrons. The summed E-state index contributed by atoms with van der Waals surface area (Å²) in [7, 11) is 0. The van der Waals surface area contributed by atoms with E-state index in [1.54, 1.807) is 12.1 Å². The minimum Gasteiger partial charge on any atom is -0.385 e. The van der Waals surface area contributed by atoms with E-state index >= 15 is 0 Å². The Bertz CT molecular complexity index is 802. The van der Waals surface area contributed by atoms with Crippen molar-refractivity contribution in [3.05, 3.63) is 70.2 Å². The van der Waals surface area contributed by atoms with Crippen LogP contribution in [-0.2, 0) is 5.60 Å². The number of nitrogens with zero attached hydrogens (tertiary/aromatic N) is 1. The van der Waals surface area contributed by atoms with Crippen LogP contribution in [0, 0.1) is 11.6 Å². The van der Waals surface area contributed by atoms with Crippen LogP contribution in [0.4, 0.5) is 8.78 Å². The van der Waals surface area contributed by atoms with Crippen molar-refractivity contribution in [2.75, 3.05) is 19.6 Å². The van der Waals surface area contributed by atoms with Crippen molar-refractivity contribution >= 4 is 17.4 Å². The van der Waals surface area contributed by atoms with Gasteiger partial charge in [0, 0.05) is 24.5 Å². The first-order valence-corrected chi connectivity index (χ1v) is 9.44. The number of Topliss-reactive ketones (excluding diaryl/α,β-unsaturated/α-hetero) is 1. The van der Waals surface area contributed by atoms with Gasteiger partial charge in [0.25, 0.3) is 0 Å². The van der Waals surface area contributed by atoms with Crippen LogP contribution in [0.2, 0.25) is 5.02 Å². The van der Waals surface area contributed by atoms with Crippen LogP contribution in [0.1, 0.15) is 41.6 Å². The van der Waals surface area contributed by atoms with Crippen LogP contribution >= 0.6 is 11.6 Å². The monoisotopic (exact) mass is 393 g/mol. The topological polar surface area (TPSA) is 40.5 Å². The largest absolute Gasteiger partial charge is 0.385 e. The number of benzene rings is 2. The average Bonchev–Trinajstić information content (AvgIpc) is 2.66. The maximum atomic E-state index is 13.6. The first-order valence-electron chi connectivity index (χ1n) is 9.06. The SMILES string of the molecule is O=C(CCCN1CCC(O)(c2ccc(Cl)cc2)CC1)c1cc(F)ccc1F. The summed E-state index contributed by atoms with van der Waals surface area (Å²) >= 11 is 5.90. The molecule has 27 heavy (non-hydrogen) atoms. The number of halogens is 3. The van der Waals surface area contributed by atoms with E-state index in [2.05, 4.69) is 4.90 Å². The third kappa shape index (κ3) is 4.92. The Hall–Kier alpha value is -1.82. The van der Waals surface area contributed by atoms with E-state index in [4.69, 9.17) is 11.6 Å². The zero-order valence-corrected chi connectivity index (χ0v) is 15.7. The molecule has 0 bridgehead atoms. The molecule has 0 aliphatic carbocycles. The maximum Gasteiger partial charge on any atom is 0.165 e. The lowest BCUT2D eigenvalue weighted by Gasteiger charge is -2.38. The fraction of sp³-hybridized carbons (Fsp3) is 0.381. The highest BCUT2D eigenvalue weighted by Gasteiger charge is 2.33. The van der Waals surface area contributed by atoms with Crippen molar-refractivity contribution < 1.29 is 18.7 Å². The van der Waals surface area contributed by atoms with Gasteiger partial charge in [-0.25, -0.2) is 8.78 Å². The Morgan fingerprint density at radius 1 is 1.11 bits per heavy atom. The summed E-state index contributed by atoms with van der Waals surface area (Å²) in [4.78, 5) is 14.3. The molecule has 0 spiro atoms. The van der Waals surface area contributed by atoms with Crippen LogP contribution in [0.3, 0.4) is 0 Å². The number of piperidine rings is 1. The summed E-state index contributed by atoms with van der Waals surface area (Å²) in [6, 6.07) is 10.2. The third-order valence-corrected chi connectivity index (χ3v) is 5.42. The van der Waals surface area contributed by atoms with Gasteiger partial charge in [-0.1, -0.05) is 23.7 Å². The molecule has 1 aliphatic heterocycles. The van der Waals surface area contributed by atoms with Crippen LogP contribution in [0.5, 0.6) is 0 Å². The molecule has 0 saturated carbocycles. The second kappa shape index (κ2) is 8.46. The van der Waals surface area contributed by atoms with Gasteiger partial charge in [-0.15, -0.1) is 0 Å². The van der Waals surface area contributed by atoms with Gasteiger partial charge in [0.05, 0.1) is 11.2 Å². The minimum absolute atomic E-state index is 0.165. The van der Waals surface area contributed by atoms with E-state index in [0.29, 0.717) is 43.9 Å². The first kappa shape index (κ1) is 19.9. The lowest BCUT2D eigenvalue weighted by atomic mass is 9.84. The Labute approximate surface area is 162 Å². The van der Waals surface area contributed by atoms with Crippen molar-refractivity contribution in [2.24, 2.45) is 0 Å². The maximum absolute atomic E-state index is 13.6. The van der Waals surface area contributed by atoms with Crippen LogP contribution < -0.4 is 0 Å². The van der Waals surface area contributed by atoms with E-state index in [1.807, 2.05) is 12.1 Å². The number of ketones is 1. The Morgan fingerprint density at radius 2 is 1.78 bits per heavy atom. The zero-order chi connectivity index (χ0) is 19.4. The summed E-state index contributed by atoms with van der Waals surface area (Å²) in [5.74, 6) is -1.69. The number of aliphatic hydroxyl groups is 1. The molecule has 6 heteroatoms. The Morgan fingerprint density at radius 3 is 2.44 bits per heavy atom. The van der Waals surface area contributed by atoms with Gasteiger partial charge >= 0.3 is 0 Å². The van der Waals surface area contributed by atoms with E-state index in [9.17, 15) is 18.7 Å². The van der Waals surface area contributed by atoms with Crippen LogP contribution in [0.15, 0.2) is 42.5 Å². The normalized spacial score (nSPS) is 17.0. The van der Waals surface area contributed by atoms with Crippen molar-refractivity contribution in [1.82, 2.24) is 4.90 Å². The molecular weight excluding hydrogens is 372 g/mol. The highest BCUT2D eigenvalue weighted by atomic mass is 35.5. The number of likely N-dealkylation sites (tertiary alicyclic amines) is 1. The molecule has 1 heterocycles. The first-order chi connectivity index (χ1) is 12.9. The summed E-state index contributed by atoms with van der Waals surface area (Å²) in [6.45, 7) is 2.10. The quantitative estimate of drug-likeness (QED) is 0.731. The summed E-state index contributed by atoms with van der Waals surface area (Å²) in [6.07, 6.45) is 1.93. The predicted molar refractivity (Wildman–Crippen MR) is 101 cm³/mol. The van der Waals surface area contributed by atoms with Crippen molar-refractivity contribution in [2.45, 2.75) is 31.3 Å². The van der Waals surface area contributed by atoms with Gasteiger partial charge < -0.3 is 10.0 Å². The van der Waals surface area contributed by atoms with Crippen molar-refractivity contribution in [1.29, 1.82) is 0 Å². The van der Waals surface area contributed by atoms with Gasteiger partial charge in [0.2, 0.25) is 0 Å². The van der Waals surface area contributed by atoms with Crippen molar-refractivity contribution in [3.63, 3.8) is 0 Å². The van der Waals surface area contributed by atoms with E-state index < -0.39 is 17.2 Å². The third-order valence-electron chi connectivity index (χ3n) is 5.17. The standard InChI is InChI=1S/C21H22ClF2NO2/c22-16-5-3-15(4-6-16)21(27)9-12-25(13-10-21)11-1-2-20(26)18-14-17(23)7-8-19(18)24/h3-8,14,27H,1-2,9-13H2. The molecule has 1 aliphatic rings. The Kier molecular flexibility index (Phi) is 6.25. The van der Waals surface area contributed by atoms with Gasteiger partial charge in [0.1, 0.15) is 11.6 Å². The molecule has 1 saturated heterocycles. The van der Waals surface area contributed by atoms with Gasteiger partial charge in [-0.2, -0.15) is 0 Å². The fourth-order valence-corrected chi connectivity index (χ4v) is 3.63. The highest BCUT2D eigenvalue weighted by molar-refractivity contribution is 6.30. The van der Waals surface area contributed by atoms with Crippen molar-refractivity contribution in [3.8, 4) is 0 Å². The van der Waals surface area contributed by atoms with Gasteiger partial charge in [0.15, 0.2) is 5.78 Å². The second-order valence-corrected chi connectivity index (χ2v) is 7.47. The molecule has 1 fully saturated rings. The Balaban J connectivity index is 1.47. The van der Waals surface area contributed by atoms with E-state index in [0.717, 1.165) is 23.8 Å². The predicted octanol–water partition coefficient (Wildman–Crippen LogP) is 4.56. The molecule has 3 nitrogen and oxygen atoms in total. The van der Waals surface area contributed by atoms with Gasteiger partial charge in [-0.05, 0) is 61.7 Å². The number of hydrogen-bond donors (Lipinski definition) is 1. The van der Waals surface area contributed by atoms with E-state index in [-0.39, 0.29) is 17.8 Å². The smallest absolute Gasteiger partial charge is 0.165 e. The zero-order valence-electron chi connectivity index (χ0n) is 14.9. The van der Waals surface area contributed by atoms with E-state index in [1.165, 1.54) is 0 Å². The molecule has 0 amide bonds. The number of hydrogen-bond acceptors (Lipinski definition) is 3. The summed E-state index contributed by atoms with van der Waals surface area (Å²) in [5, 5.41) is 11.5. The lowest BCUT2D eigenvalue weighted by molar-refractivity contribution is -0.0260. The molecule has 2 aromatic carbocycles. The molecule has 1 N–H and O–H groups in total. The number of rotatable bonds is 6. The molecular formula is C21H22ClF2NO2. The number of carbonyl (C=O) groups excluding carboxylic acids is 1. The molecule has 0 atom stereocenters. The molecule has 0 unspecified atom stereocenters. The molecule has 0 radical (unpaired) electrons. The lowest BCUT2D eigenvalue weighted by Crippen LogP contribution is -2.42. The average molecular weight is 394 g/mol. The fourth-order valence-electron chi connectivity index (χ4n) is 3.50. The summed E-state index contributed by atoms with van der Waals surface area (Å²) < 4.78 is 26.8. The second-order valence-electron chi connectivity index (χ2n) is 7.03. The number of carbonyl (C=O) groups is 1. The molecule has 3 rings (SSSR count). The van der Waals surface area contributed by atoms with Crippen LogP contribution in [-0.4, -0.2) is 35.4 Å².